The van der Waals surface area contributed by atoms with Crippen molar-refractivity contribution in [2.24, 2.45) is 0 Å². The lowest BCUT2D eigenvalue weighted by Crippen LogP contribution is -2.31. The SMILES string of the molecule is CC1=CN2CCc3ccc(-c4ccccc4)cc3C2C=C1. The highest BCUT2D eigenvalue weighted by Gasteiger charge is 2.25. The fourth-order valence-electron chi connectivity index (χ4n) is 3.38. The molecule has 2 aromatic carbocycles. The van der Waals surface area contributed by atoms with E-state index in [1.54, 1.807) is 0 Å². The van der Waals surface area contributed by atoms with E-state index in [0.29, 0.717) is 6.04 Å². The van der Waals surface area contributed by atoms with Crippen LogP contribution < -0.4 is 0 Å². The van der Waals surface area contributed by atoms with Gasteiger partial charge in [-0.25, -0.2) is 0 Å². The van der Waals surface area contributed by atoms with Gasteiger partial charge in [0.2, 0.25) is 0 Å². The van der Waals surface area contributed by atoms with Gasteiger partial charge in [0.05, 0.1) is 6.04 Å². The van der Waals surface area contributed by atoms with Gasteiger partial charge in [-0.2, -0.15) is 0 Å². The number of rotatable bonds is 1. The van der Waals surface area contributed by atoms with E-state index < -0.39 is 0 Å². The maximum absolute atomic E-state index is 2.46. The summed E-state index contributed by atoms with van der Waals surface area (Å²) in [5.74, 6) is 0. The van der Waals surface area contributed by atoms with Gasteiger partial charge in [-0.1, -0.05) is 54.6 Å². The fraction of sp³-hybridized carbons (Fsp3) is 0.200. The van der Waals surface area contributed by atoms with Gasteiger partial charge in [-0.05, 0) is 47.2 Å². The van der Waals surface area contributed by atoms with Crippen molar-refractivity contribution in [2.45, 2.75) is 19.4 Å². The number of hydrogen-bond donors (Lipinski definition) is 0. The second-order valence-electron chi connectivity index (χ2n) is 5.94. The molecule has 0 spiro atoms. The lowest BCUT2D eigenvalue weighted by molar-refractivity contribution is 0.302. The fourth-order valence-corrected chi connectivity index (χ4v) is 3.38. The van der Waals surface area contributed by atoms with Crippen molar-refractivity contribution >= 4 is 0 Å². The highest BCUT2D eigenvalue weighted by molar-refractivity contribution is 5.65. The van der Waals surface area contributed by atoms with Crippen LogP contribution in [0.3, 0.4) is 0 Å². The maximum atomic E-state index is 2.46. The molecular weight excluding hydrogens is 254 g/mol. The minimum absolute atomic E-state index is 0.404. The first-order valence-corrected chi connectivity index (χ1v) is 7.62. The first-order valence-electron chi connectivity index (χ1n) is 7.62. The van der Waals surface area contributed by atoms with Gasteiger partial charge in [0.25, 0.3) is 0 Å². The normalized spacial score (nSPS) is 19.8. The third-order valence-electron chi connectivity index (χ3n) is 4.48. The van der Waals surface area contributed by atoms with Crippen molar-refractivity contribution in [2.75, 3.05) is 6.54 Å². The van der Waals surface area contributed by atoms with Crippen molar-refractivity contribution in [1.29, 1.82) is 0 Å². The molecular formula is C20H19N. The summed E-state index contributed by atoms with van der Waals surface area (Å²) in [4.78, 5) is 2.46. The Balaban J connectivity index is 1.78. The number of nitrogens with zero attached hydrogens (tertiary/aromatic N) is 1. The number of fused-ring (bicyclic) bond motifs is 3. The van der Waals surface area contributed by atoms with E-state index in [9.17, 15) is 0 Å². The molecule has 4 rings (SSSR count). The van der Waals surface area contributed by atoms with Crippen molar-refractivity contribution in [1.82, 2.24) is 4.90 Å². The molecule has 0 saturated heterocycles. The lowest BCUT2D eigenvalue weighted by atomic mass is 9.88. The summed E-state index contributed by atoms with van der Waals surface area (Å²) in [6.45, 7) is 3.28. The summed E-state index contributed by atoms with van der Waals surface area (Å²) in [6, 6.07) is 18.0. The van der Waals surface area contributed by atoms with Gasteiger partial charge >= 0.3 is 0 Å². The molecule has 1 unspecified atom stereocenters. The van der Waals surface area contributed by atoms with Crippen molar-refractivity contribution in [3.63, 3.8) is 0 Å². The van der Waals surface area contributed by atoms with Crippen molar-refractivity contribution < 1.29 is 0 Å². The first kappa shape index (κ1) is 12.5. The quantitative estimate of drug-likeness (QED) is 0.726. The Labute approximate surface area is 126 Å². The van der Waals surface area contributed by atoms with Gasteiger partial charge in [0.15, 0.2) is 0 Å². The van der Waals surface area contributed by atoms with Crippen LogP contribution in [0.2, 0.25) is 0 Å². The molecule has 2 aromatic rings. The standard InChI is InChI=1S/C20H19N/c1-15-7-10-20-19-13-18(16-5-3-2-4-6-16)9-8-17(19)11-12-21(20)14-15/h2-10,13-14,20H,11-12H2,1H3. The van der Waals surface area contributed by atoms with E-state index >= 15 is 0 Å². The topological polar surface area (TPSA) is 3.24 Å². The molecule has 1 atom stereocenters. The van der Waals surface area contributed by atoms with Gasteiger partial charge in [0, 0.05) is 12.7 Å². The third kappa shape index (κ3) is 2.19. The van der Waals surface area contributed by atoms with E-state index in [1.807, 2.05) is 0 Å². The summed E-state index contributed by atoms with van der Waals surface area (Å²) in [6.07, 6.45) is 8.01. The highest BCUT2D eigenvalue weighted by atomic mass is 15.1. The molecule has 0 aliphatic carbocycles. The largest absolute Gasteiger partial charge is 0.366 e. The summed E-state index contributed by atoms with van der Waals surface area (Å²) < 4.78 is 0. The molecule has 0 saturated carbocycles. The second-order valence-corrected chi connectivity index (χ2v) is 5.94. The second kappa shape index (κ2) is 4.92. The lowest BCUT2D eigenvalue weighted by Gasteiger charge is -2.37. The molecule has 0 N–H and O–H groups in total. The van der Waals surface area contributed by atoms with Crippen LogP contribution in [0.1, 0.15) is 24.1 Å². The molecule has 0 fully saturated rings. The Bertz CT molecular complexity index is 725. The van der Waals surface area contributed by atoms with E-state index in [4.69, 9.17) is 0 Å². The molecule has 0 radical (unpaired) electrons. The molecule has 0 aromatic heterocycles. The average molecular weight is 273 g/mol. The summed E-state index contributed by atoms with van der Waals surface area (Å²) in [5.41, 5.74) is 6.91. The van der Waals surface area contributed by atoms with Gasteiger partial charge in [0.1, 0.15) is 0 Å². The Kier molecular flexibility index (Phi) is 2.92. The van der Waals surface area contributed by atoms with E-state index in [0.717, 1.165) is 13.0 Å². The van der Waals surface area contributed by atoms with Crippen molar-refractivity contribution in [3.8, 4) is 11.1 Å². The van der Waals surface area contributed by atoms with E-state index in [2.05, 4.69) is 78.7 Å². The van der Waals surface area contributed by atoms with Crippen LogP contribution in [-0.4, -0.2) is 11.4 Å². The Morgan fingerprint density at radius 2 is 1.86 bits per heavy atom. The third-order valence-corrected chi connectivity index (χ3v) is 4.48. The Morgan fingerprint density at radius 1 is 1.00 bits per heavy atom. The number of allylic oxidation sites excluding steroid dienone is 2. The Hall–Kier alpha value is -2.28. The van der Waals surface area contributed by atoms with Gasteiger partial charge in [-0.15, -0.1) is 0 Å². The zero-order valence-corrected chi connectivity index (χ0v) is 12.3. The maximum Gasteiger partial charge on any atom is 0.0727 e. The van der Waals surface area contributed by atoms with Crippen LogP contribution in [-0.2, 0) is 6.42 Å². The van der Waals surface area contributed by atoms with E-state index in [-0.39, 0.29) is 0 Å². The van der Waals surface area contributed by atoms with Gasteiger partial charge in [-0.3, -0.25) is 0 Å². The molecule has 21 heavy (non-hydrogen) atoms. The molecule has 2 heterocycles. The van der Waals surface area contributed by atoms with E-state index in [1.165, 1.54) is 27.8 Å². The molecule has 1 heteroatoms. The van der Waals surface area contributed by atoms with Crippen LogP contribution >= 0.6 is 0 Å². The molecule has 2 aliphatic heterocycles. The summed E-state index contributed by atoms with van der Waals surface area (Å²) in [7, 11) is 0. The van der Waals surface area contributed by atoms with Crippen molar-refractivity contribution in [3.05, 3.63) is 83.6 Å². The zero-order valence-electron chi connectivity index (χ0n) is 12.3. The van der Waals surface area contributed by atoms with Crippen LogP contribution in [0.25, 0.3) is 11.1 Å². The van der Waals surface area contributed by atoms with Crippen LogP contribution in [0.4, 0.5) is 0 Å². The van der Waals surface area contributed by atoms with Crippen LogP contribution in [0.5, 0.6) is 0 Å². The molecule has 0 bridgehead atoms. The summed E-state index contributed by atoms with van der Waals surface area (Å²) in [5, 5.41) is 0. The van der Waals surface area contributed by atoms with Gasteiger partial charge < -0.3 is 4.90 Å². The monoisotopic (exact) mass is 273 g/mol. The molecule has 104 valence electrons. The number of benzene rings is 2. The predicted molar refractivity (Wildman–Crippen MR) is 87.9 cm³/mol. The van der Waals surface area contributed by atoms with Crippen LogP contribution in [0, 0.1) is 0 Å². The minimum atomic E-state index is 0.404. The molecule has 2 aliphatic rings. The molecule has 1 nitrogen and oxygen atoms in total. The average Bonchev–Trinajstić information content (AvgIpc) is 2.54. The predicted octanol–water partition coefficient (Wildman–Crippen LogP) is 4.73. The highest BCUT2D eigenvalue weighted by Crippen LogP contribution is 2.36. The Morgan fingerprint density at radius 3 is 2.71 bits per heavy atom. The number of hydrogen-bond acceptors (Lipinski definition) is 1. The molecule has 0 amide bonds. The smallest absolute Gasteiger partial charge is 0.0727 e. The van der Waals surface area contributed by atoms with Crippen LogP contribution in [0.15, 0.2) is 72.5 Å². The minimum Gasteiger partial charge on any atom is -0.366 e. The zero-order chi connectivity index (χ0) is 14.2. The summed E-state index contributed by atoms with van der Waals surface area (Å²) >= 11 is 0. The first-order chi connectivity index (χ1) is 10.3.